The maximum atomic E-state index is 14.2. The van der Waals surface area contributed by atoms with E-state index < -0.39 is 5.91 Å². The zero-order valence-electron chi connectivity index (χ0n) is 15.6. The molecule has 1 amide bonds. The molecule has 0 radical (unpaired) electrons. The van der Waals surface area contributed by atoms with Crippen molar-refractivity contribution < 1.29 is 13.9 Å². The molecule has 0 aliphatic heterocycles. The highest BCUT2D eigenvalue weighted by Crippen LogP contribution is 2.22. The highest BCUT2D eigenvalue weighted by atomic mass is 19.1. The van der Waals surface area contributed by atoms with E-state index >= 15 is 0 Å². The number of nitrogens with zero attached hydrogens (tertiary/aromatic N) is 3. The Morgan fingerprint density at radius 2 is 1.93 bits per heavy atom. The van der Waals surface area contributed by atoms with Crippen molar-refractivity contribution in [1.29, 1.82) is 0 Å². The first kappa shape index (κ1) is 18.4. The van der Waals surface area contributed by atoms with Gasteiger partial charge in [0.2, 0.25) is 11.8 Å². The molecule has 0 spiro atoms. The third kappa shape index (κ3) is 3.86. The Morgan fingerprint density at radius 3 is 2.76 bits per heavy atom. The monoisotopic (exact) mass is 391 g/mol. The van der Waals surface area contributed by atoms with Gasteiger partial charge in [0.15, 0.2) is 0 Å². The van der Waals surface area contributed by atoms with Crippen LogP contribution in [0, 0.1) is 5.82 Å². The third-order valence-corrected chi connectivity index (χ3v) is 4.46. The van der Waals surface area contributed by atoms with Crippen LogP contribution in [-0.4, -0.2) is 27.6 Å². The summed E-state index contributed by atoms with van der Waals surface area (Å²) in [7, 11) is 1.49. The molecule has 2 heterocycles. The molecule has 8 heteroatoms. The molecule has 0 aliphatic rings. The van der Waals surface area contributed by atoms with Crippen LogP contribution in [0.15, 0.2) is 66.9 Å². The molecule has 7 nitrogen and oxygen atoms in total. The van der Waals surface area contributed by atoms with Gasteiger partial charge in [0.1, 0.15) is 11.5 Å². The molecule has 2 N–H and O–H groups in total. The molecule has 0 aliphatic carbocycles. The Kier molecular flexibility index (Phi) is 5.07. The first-order chi connectivity index (χ1) is 14.2. The zero-order valence-corrected chi connectivity index (χ0v) is 15.6. The molecule has 0 unspecified atom stereocenters. The van der Waals surface area contributed by atoms with Crippen LogP contribution in [0.4, 0.5) is 10.3 Å². The molecule has 0 saturated carbocycles. The van der Waals surface area contributed by atoms with Crippen molar-refractivity contribution in [3.05, 3.63) is 83.9 Å². The van der Waals surface area contributed by atoms with Crippen LogP contribution in [0.5, 0.6) is 5.88 Å². The number of nitrogens with one attached hydrogen (secondary N) is 2. The van der Waals surface area contributed by atoms with Gasteiger partial charge in [-0.3, -0.25) is 15.6 Å². The average molecular weight is 391 g/mol. The third-order valence-electron chi connectivity index (χ3n) is 4.46. The summed E-state index contributed by atoms with van der Waals surface area (Å²) in [5.74, 6) is -0.164. The normalized spacial score (nSPS) is 10.7. The van der Waals surface area contributed by atoms with Crippen LogP contribution < -0.4 is 15.6 Å². The van der Waals surface area contributed by atoms with E-state index in [9.17, 15) is 9.18 Å². The summed E-state index contributed by atoms with van der Waals surface area (Å²) < 4.78 is 21.0. The van der Waals surface area contributed by atoms with Gasteiger partial charge in [0.25, 0.3) is 5.91 Å². The Labute approximate surface area is 166 Å². The average Bonchev–Trinajstić information content (AvgIpc) is 3.12. The second kappa shape index (κ2) is 7.97. The lowest BCUT2D eigenvalue weighted by Gasteiger charge is -2.12. The maximum absolute atomic E-state index is 14.2. The van der Waals surface area contributed by atoms with Crippen molar-refractivity contribution >= 4 is 22.8 Å². The van der Waals surface area contributed by atoms with Crippen LogP contribution in [0.3, 0.4) is 0 Å². The van der Waals surface area contributed by atoms with Crippen molar-refractivity contribution in [3.8, 4) is 5.88 Å². The van der Waals surface area contributed by atoms with Gasteiger partial charge in [0, 0.05) is 28.7 Å². The Morgan fingerprint density at radius 1 is 1.14 bits per heavy atom. The molecule has 0 bridgehead atoms. The largest absolute Gasteiger partial charge is 0.481 e. The number of para-hydroxylation sites is 1. The molecule has 0 fully saturated rings. The maximum Gasteiger partial charge on any atom is 0.286 e. The molecule has 4 aromatic rings. The molecule has 0 atom stereocenters. The van der Waals surface area contributed by atoms with Crippen molar-refractivity contribution in [2.24, 2.45) is 0 Å². The minimum Gasteiger partial charge on any atom is -0.481 e. The van der Waals surface area contributed by atoms with Crippen LogP contribution in [0.2, 0.25) is 0 Å². The van der Waals surface area contributed by atoms with Gasteiger partial charge < -0.3 is 9.30 Å². The number of amides is 1. The lowest BCUT2D eigenvalue weighted by molar-refractivity contribution is 0.0954. The van der Waals surface area contributed by atoms with Gasteiger partial charge in [-0.05, 0) is 18.2 Å². The number of hydrogen-bond donors (Lipinski definition) is 2. The summed E-state index contributed by atoms with van der Waals surface area (Å²) >= 11 is 0. The number of halogens is 1. The number of carbonyl (C=O) groups is 1. The van der Waals surface area contributed by atoms with Crippen molar-refractivity contribution in [1.82, 2.24) is 20.0 Å². The van der Waals surface area contributed by atoms with Crippen molar-refractivity contribution in [2.45, 2.75) is 6.54 Å². The number of hydrazine groups is 1. The Balaban J connectivity index is 1.63. The summed E-state index contributed by atoms with van der Waals surface area (Å²) in [6, 6.07) is 17.4. The number of methoxy groups -OCH3 is 1. The van der Waals surface area contributed by atoms with Gasteiger partial charge >= 0.3 is 0 Å². The minimum absolute atomic E-state index is 0.189. The standard InChI is InChI=1S/C21H18FN5O2/c1-29-19-10-11-23-21(24-19)26-25-20(28)18-12-14-6-3-5-9-17(14)27(18)13-15-7-2-4-8-16(15)22/h2-12H,13H2,1H3,(H,25,28)(H,23,24,26). The summed E-state index contributed by atoms with van der Waals surface area (Å²) in [6.45, 7) is 0.221. The van der Waals surface area contributed by atoms with Crippen LogP contribution in [0.25, 0.3) is 10.9 Å². The number of ether oxygens (including phenoxy) is 1. The van der Waals surface area contributed by atoms with Gasteiger partial charge in [-0.2, -0.15) is 4.98 Å². The minimum atomic E-state index is -0.399. The Hall–Kier alpha value is -3.94. The summed E-state index contributed by atoms with van der Waals surface area (Å²) in [4.78, 5) is 21.0. The lowest BCUT2D eigenvalue weighted by Crippen LogP contribution is -2.32. The van der Waals surface area contributed by atoms with E-state index in [0.717, 1.165) is 10.9 Å². The molecule has 29 heavy (non-hydrogen) atoms. The number of anilines is 1. The van der Waals surface area contributed by atoms with E-state index in [1.807, 2.05) is 24.3 Å². The fourth-order valence-corrected chi connectivity index (χ4v) is 3.06. The highest BCUT2D eigenvalue weighted by molar-refractivity contribution is 5.99. The van der Waals surface area contributed by atoms with Gasteiger partial charge in [0.05, 0.1) is 13.7 Å². The van der Waals surface area contributed by atoms with E-state index in [4.69, 9.17) is 4.74 Å². The van der Waals surface area contributed by atoms with Crippen LogP contribution in [0.1, 0.15) is 16.1 Å². The number of hydrogen-bond acceptors (Lipinski definition) is 5. The first-order valence-corrected chi connectivity index (χ1v) is 8.91. The quantitative estimate of drug-likeness (QED) is 0.493. The predicted octanol–water partition coefficient (Wildman–Crippen LogP) is 3.38. The molecule has 4 rings (SSSR count). The number of carbonyl (C=O) groups excluding carboxylic acids is 1. The molecule has 2 aromatic carbocycles. The smallest absolute Gasteiger partial charge is 0.286 e. The highest BCUT2D eigenvalue weighted by Gasteiger charge is 2.17. The van der Waals surface area contributed by atoms with Crippen LogP contribution >= 0.6 is 0 Å². The van der Waals surface area contributed by atoms with Gasteiger partial charge in [-0.15, -0.1) is 0 Å². The van der Waals surface area contributed by atoms with E-state index in [1.54, 1.807) is 34.9 Å². The molecule has 2 aromatic heterocycles. The number of benzene rings is 2. The molecular weight excluding hydrogens is 373 g/mol. The number of fused-ring (bicyclic) bond motifs is 1. The van der Waals surface area contributed by atoms with E-state index in [-0.39, 0.29) is 18.3 Å². The fourth-order valence-electron chi connectivity index (χ4n) is 3.06. The van der Waals surface area contributed by atoms with E-state index in [1.165, 1.54) is 19.4 Å². The second-order valence-electron chi connectivity index (χ2n) is 6.27. The van der Waals surface area contributed by atoms with E-state index in [0.29, 0.717) is 17.1 Å². The topological polar surface area (TPSA) is 81.1 Å². The molecule has 146 valence electrons. The van der Waals surface area contributed by atoms with Gasteiger partial charge in [-0.25, -0.2) is 9.37 Å². The number of aromatic nitrogens is 3. The van der Waals surface area contributed by atoms with Crippen LogP contribution in [-0.2, 0) is 6.54 Å². The number of rotatable bonds is 6. The summed E-state index contributed by atoms with van der Waals surface area (Å²) in [5, 5.41) is 0.881. The summed E-state index contributed by atoms with van der Waals surface area (Å²) in [5.41, 5.74) is 6.96. The second-order valence-corrected chi connectivity index (χ2v) is 6.27. The predicted molar refractivity (Wildman–Crippen MR) is 107 cm³/mol. The lowest BCUT2D eigenvalue weighted by atomic mass is 10.2. The Bertz CT molecular complexity index is 1170. The first-order valence-electron chi connectivity index (χ1n) is 8.91. The molecular formula is C21H18FN5O2. The summed E-state index contributed by atoms with van der Waals surface area (Å²) in [6.07, 6.45) is 1.51. The van der Waals surface area contributed by atoms with E-state index in [2.05, 4.69) is 20.8 Å². The van der Waals surface area contributed by atoms with Gasteiger partial charge in [-0.1, -0.05) is 36.4 Å². The molecule has 0 saturated heterocycles. The van der Waals surface area contributed by atoms with Crippen molar-refractivity contribution in [2.75, 3.05) is 12.5 Å². The fraction of sp³-hybridized carbons (Fsp3) is 0.0952. The SMILES string of the molecule is COc1ccnc(NNC(=O)c2cc3ccccc3n2Cc2ccccc2F)n1. The van der Waals surface area contributed by atoms with Crippen molar-refractivity contribution in [3.63, 3.8) is 0 Å². The zero-order chi connectivity index (χ0) is 20.2.